The highest BCUT2D eigenvalue weighted by Crippen LogP contribution is 2.13. The van der Waals surface area contributed by atoms with Crippen LogP contribution in [0.3, 0.4) is 0 Å². The Balaban J connectivity index is 2.85. The molecule has 1 aromatic heterocycles. The summed E-state index contributed by atoms with van der Waals surface area (Å²) in [6.45, 7) is 9.20. The standard InChI is InChI=1S/C13H18N4O/c1-5-10(3)15-16-17(6-2)13-8-7-12(9-14-13)11(4)18/h6-10H,2,5H2,1,3-4H3. The van der Waals surface area contributed by atoms with Crippen molar-refractivity contribution in [1.82, 2.24) is 4.98 Å². The van der Waals surface area contributed by atoms with Gasteiger partial charge in [0.1, 0.15) is 0 Å². The highest BCUT2D eigenvalue weighted by molar-refractivity contribution is 5.93. The molecule has 0 aromatic carbocycles. The molecule has 0 radical (unpaired) electrons. The van der Waals surface area contributed by atoms with Crippen molar-refractivity contribution in [2.75, 3.05) is 5.01 Å². The van der Waals surface area contributed by atoms with E-state index < -0.39 is 0 Å². The Morgan fingerprint density at radius 1 is 1.61 bits per heavy atom. The number of carbonyl (C=O) groups is 1. The molecule has 0 fully saturated rings. The molecule has 0 N–H and O–H groups in total. The van der Waals surface area contributed by atoms with E-state index in [1.54, 1.807) is 12.1 Å². The predicted molar refractivity (Wildman–Crippen MR) is 71.5 cm³/mol. The largest absolute Gasteiger partial charge is 0.294 e. The second kappa shape index (κ2) is 6.64. The lowest BCUT2D eigenvalue weighted by Crippen LogP contribution is -2.09. The molecule has 5 nitrogen and oxygen atoms in total. The molecule has 96 valence electrons. The third kappa shape index (κ3) is 3.76. The second-order valence-corrected chi connectivity index (χ2v) is 3.95. The van der Waals surface area contributed by atoms with Crippen molar-refractivity contribution in [2.45, 2.75) is 33.2 Å². The Kier molecular flexibility index (Phi) is 5.17. The number of aromatic nitrogens is 1. The molecule has 0 aliphatic rings. The Hall–Kier alpha value is -2.04. The minimum absolute atomic E-state index is 0.0135. The minimum atomic E-state index is -0.0135. The minimum Gasteiger partial charge on any atom is -0.294 e. The van der Waals surface area contributed by atoms with Crippen molar-refractivity contribution in [3.63, 3.8) is 0 Å². The molecule has 0 aliphatic heterocycles. The summed E-state index contributed by atoms with van der Waals surface area (Å²) < 4.78 is 0. The number of hydrogen-bond acceptors (Lipinski definition) is 4. The normalized spacial score (nSPS) is 12.4. The van der Waals surface area contributed by atoms with Crippen molar-refractivity contribution >= 4 is 11.6 Å². The number of anilines is 1. The molecule has 1 aromatic rings. The number of pyridine rings is 1. The Labute approximate surface area is 107 Å². The molecule has 0 aliphatic carbocycles. The fraction of sp³-hybridized carbons (Fsp3) is 0.385. The lowest BCUT2D eigenvalue weighted by Gasteiger charge is -2.12. The van der Waals surface area contributed by atoms with Gasteiger partial charge in [-0.05, 0) is 32.4 Å². The summed E-state index contributed by atoms with van der Waals surface area (Å²) >= 11 is 0. The molecule has 1 heterocycles. The number of ketones is 1. The third-order valence-electron chi connectivity index (χ3n) is 2.50. The zero-order valence-corrected chi connectivity index (χ0v) is 11.0. The first kappa shape index (κ1) is 14.0. The van der Waals surface area contributed by atoms with Gasteiger partial charge in [-0.2, -0.15) is 5.11 Å². The van der Waals surface area contributed by atoms with Gasteiger partial charge >= 0.3 is 0 Å². The van der Waals surface area contributed by atoms with Crippen LogP contribution in [0.5, 0.6) is 0 Å². The first-order chi connectivity index (χ1) is 8.58. The van der Waals surface area contributed by atoms with Crippen molar-refractivity contribution in [1.29, 1.82) is 0 Å². The van der Waals surface area contributed by atoms with E-state index in [2.05, 4.69) is 21.9 Å². The van der Waals surface area contributed by atoms with Gasteiger partial charge in [0, 0.05) is 18.0 Å². The van der Waals surface area contributed by atoms with Crippen LogP contribution in [0.2, 0.25) is 0 Å². The average Bonchev–Trinajstić information content (AvgIpc) is 2.39. The van der Waals surface area contributed by atoms with Crippen molar-refractivity contribution in [2.24, 2.45) is 10.3 Å². The summed E-state index contributed by atoms with van der Waals surface area (Å²) in [5.74, 6) is 0.572. The van der Waals surface area contributed by atoms with Gasteiger partial charge in [-0.15, -0.1) is 0 Å². The van der Waals surface area contributed by atoms with E-state index in [1.165, 1.54) is 24.3 Å². The van der Waals surface area contributed by atoms with Crippen molar-refractivity contribution in [3.8, 4) is 0 Å². The molecule has 0 spiro atoms. The molecular formula is C13H18N4O. The van der Waals surface area contributed by atoms with Gasteiger partial charge < -0.3 is 0 Å². The van der Waals surface area contributed by atoms with Crippen LogP contribution in [0.4, 0.5) is 5.82 Å². The van der Waals surface area contributed by atoms with Gasteiger partial charge in [0.15, 0.2) is 11.6 Å². The maximum Gasteiger partial charge on any atom is 0.161 e. The molecular weight excluding hydrogens is 228 g/mol. The van der Waals surface area contributed by atoms with E-state index in [9.17, 15) is 4.79 Å². The number of hydrogen-bond donors (Lipinski definition) is 0. The van der Waals surface area contributed by atoms with Crippen LogP contribution in [0.25, 0.3) is 0 Å². The summed E-state index contributed by atoms with van der Waals surface area (Å²) in [6.07, 6.45) is 3.97. The van der Waals surface area contributed by atoms with Crippen molar-refractivity contribution in [3.05, 3.63) is 36.7 Å². The van der Waals surface area contributed by atoms with E-state index >= 15 is 0 Å². The summed E-state index contributed by atoms with van der Waals surface area (Å²) in [5.41, 5.74) is 0.571. The molecule has 5 heteroatoms. The van der Waals surface area contributed by atoms with Gasteiger partial charge in [-0.1, -0.05) is 18.7 Å². The maximum atomic E-state index is 11.1. The second-order valence-electron chi connectivity index (χ2n) is 3.95. The summed E-state index contributed by atoms with van der Waals surface area (Å²) in [7, 11) is 0. The number of Topliss-reactive ketones (excluding diaryl/α,β-unsaturated/α-hetero) is 1. The van der Waals surface area contributed by atoms with Crippen LogP contribution >= 0.6 is 0 Å². The predicted octanol–water partition coefficient (Wildman–Crippen LogP) is 3.40. The van der Waals surface area contributed by atoms with Crippen LogP contribution in [0, 0.1) is 0 Å². The Morgan fingerprint density at radius 2 is 2.33 bits per heavy atom. The molecule has 1 rings (SSSR count). The highest BCUT2D eigenvalue weighted by Gasteiger charge is 2.05. The smallest absolute Gasteiger partial charge is 0.161 e. The van der Waals surface area contributed by atoms with Crippen LogP contribution in [-0.2, 0) is 0 Å². The quantitative estimate of drug-likeness (QED) is 0.439. The Morgan fingerprint density at radius 3 is 2.78 bits per heavy atom. The number of rotatable bonds is 6. The molecule has 1 atom stereocenters. The Bertz CT molecular complexity index is 439. The first-order valence-corrected chi connectivity index (χ1v) is 5.88. The van der Waals surface area contributed by atoms with E-state index in [1.807, 2.05) is 13.8 Å². The summed E-state index contributed by atoms with van der Waals surface area (Å²) in [4.78, 5) is 15.3. The monoisotopic (exact) mass is 246 g/mol. The van der Waals surface area contributed by atoms with Gasteiger partial charge in [-0.25, -0.2) is 9.99 Å². The molecule has 1 unspecified atom stereocenters. The number of carbonyl (C=O) groups excluding carboxylic acids is 1. The van der Waals surface area contributed by atoms with Gasteiger partial charge in [-0.3, -0.25) is 4.79 Å². The molecule has 0 saturated carbocycles. The van der Waals surface area contributed by atoms with Crippen molar-refractivity contribution < 1.29 is 4.79 Å². The van der Waals surface area contributed by atoms with E-state index in [-0.39, 0.29) is 11.8 Å². The molecule has 0 bridgehead atoms. The lowest BCUT2D eigenvalue weighted by atomic mass is 10.2. The summed E-state index contributed by atoms with van der Waals surface area (Å²) in [5, 5.41) is 9.65. The van der Waals surface area contributed by atoms with Gasteiger partial charge in [0.2, 0.25) is 0 Å². The fourth-order valence-electron chi connectivity index (χ4n) is 1.13. The SMILES string of the molecule is C=CN(N=NC(C)CC)c1ccc(C(C)=O)cn1. The zero-order valence-electron chi connectivity index (χ0n) is 11.0. The molecule has 0 amide bonds. The van der Waals surface area contributed by atoms with E-state index in [0.717, 1.165) is 6.42 Å². The average molecular weight is 246 g/mol. The lowest BCUT2D eigenvalue weighted by molar-refractivity contribution is 0.101. The van der Waals surface area contributed by atoms with Crippen LogP contribution < -0.4 is 5.01 Å². The third-order valence-corrected chi connectivity index (χ3v) is 2.50. The highest BCUT2D eigenvalue weighted by atomic mass is 16.1. The van der Waals surface area contributed by atoms with Crippen LogP contribution in [-0.4, -0.2) is 16.8 Å². The fourth-order valence-corrected chi connectivity index (χ4v) is 1.13. The topological polar surface area (TPSA) is 57.9 Å². The van der Waals surface area contributed by atoms with Crippen LogP contribution in [0.1, 0.15) is 37.6 Å². The van der Waals surface area contributed by atoms with E-state index in [0.29, 0.717) is 11.4 Å². The maximum absolute atomic E-state index is 11.1. The first-order valence-electron chi connectivity index (χ1n) is 5.88. The van der Waals surface area contributed by atoms with Gasteiger partial charge in [0.05, 0.1) is 6.04 Å². The number of nitrogens with zero attached hydrogens (tertiary/aromatic N) is 4. The van der Waals surface area contributed by atoms with Crippen LogP contribution in [0.15, 0.2) is 41.4 Å². The van der Waals surface area contributed by atoms with E-state index in [4.69, 9.17) is 0 Å². The zero-order chi connectivity index (χ0) is 13.5. The molecule has 0 saturated heterocycles. The summed E-state index contributed by atoms with van der Waals surface area (Å²) in [6, 6.07) is 3.58. The molecule has 18 heavy (non-hydrogen) atoms. The van der Waals surface area contributed by atoms with Gasteiger partial charge in [0.25, 0.3) is 0 Å².